The Hall–Kier alpha value is -2.83. The summed E-state index contributed by atoms with van der Waals surface area (Å²) in [7, 11) is 0. The van der Waals surface area contributed by atoms with Crippen LogP contribution < -0.4 is 0 Å². The summed E-state index contributed by atoms with van der Waals surface area (Å²) in [5.74, 6) is -2.50. The molecule has 0 bridgehead atoms. The van der Waals surface area contributed by atoms with E-state index in [-0.39, 0.29) is 18.6 Å². The number of aromatic nitrogens is 1. The van der Waals surface area contributed by atoms with Gasteiger partial charge in [0.15, 0.2) is 5.71 Å². The Morgan fingerprint density at radius 1 is 1.33 bits per heavy atom. The Morgan fingerprint density at radius 2 is 2.10 bits per heavy atom. The Balaban J connectivity index is 1.94. The van der Waals surface area contributed by atoms with Gasteiger partial charge in [-0.3, -0.25) is 0 Å². The van der Waals surface area contributed by atoms with Gasteiger partial charge in [0.2, 0.25) is 5.60 Å². The van der Waals surface area contributed by atoms with E-state index in [1.807, 2.05) is 24.3 Å². The Labute approximate surface area is 118 Å². The molecular formula is C14H12N2O5. The minimum absolute atomic E-state index is 0.0344. The number of rotatable bonds is 4. The lowest BCUT2D eigenvalue weighted by Gasteiger charge is -2.20. The summed E-state index contributed by atoms with van der Waals surface area (Å²) in [5, 5.41) is 22.6. The van der Waals surface area contributed by atoms with Crippen LogP contribution in [0, 0.1) is 0 Å². The zero-order valence-electron chi connectivity index (χ0n) is 10.9. The summed E-state index contributed by atoms with van der Waals surface area (Å²) >= 11 is 0. The van der Waals surface area contributed by atoms with E-state index in [0.29, 0.717) is 0 Å². The minimum Gasteiger partial charge on any atom is -0.478 e. The van der Waals surface area contributed by atoms with E-state index in [1.165, 1.54) is 0 Å². The fourth-order valence-electron chi connectivity index (χ4n) is 2.46. The van der Waals surface area contributed by atoms with Crippen LogP contribution in [0.1, 0.15) is 12.0 Å². The van der Waals surface area contributed by atoms with Crippen LogP contribution in [0.4, 0.5) is 0 Å². The lowest BCUT2D eigenvalue weighted by molar-refractivity contribution is -0.162. The molecule has 0 fully saturated rings. The van der Waals surface area contributed by atoms with Crippen molar-refractivity contribution >= 4 is 28.6 Å². The van der Waals surface area contributed by atoms with Gasteiger partial charge in [-0.1, -0.05) is 23.4 Å². The number of hydrogen-bond donors (Lipinski definition) is 3. The molecule has 1 aromatic heterocycles. The van der Waals surface area contributed by atoms with E-state index in [9.17, 15) is 14.7 Å². The van der Waals surface area contributed by atoms with Gasteiger partial charge in [0.1, 0.15) is 0 Å². The molecule has 1 unspecified atom stereocenters. The molecular weight excluding hydrogens is 276 g/mol. The van der Waals surface area contributed by atoms with E-state index in [2.05, 4.69) is 10.1 Å². The van der Waals surface area contributed by atoms with Crippen molar-refractivity contribution < 1.29 is 24.6 Å². The number of carboxylic acids is 2. The zero-order valence-corrected chi connectivity index (χ0v) is 10.9. The first-order valence-electron chi connectivity index (χ1n) is 6.28. The lowest BCUT2D eigenvalue weighted by Crippen LogP contribution is -2.41. The minimum atomic E-state index is -1.67. The summed E-state index contributed by atoms with van der Waals surface area (Å²) in [6, 6.07) is 7.46. The lowest BCUT2D eigenvalue weighted by atomic mass is 9.89. The fourth-order valence-corrected chi connectivity index (χ4v) is 2.46. The molecule has 3 N–H and O–H groups in total. The molecule has 7 heteroatoms. The van der Waals surface area contributed by atoms with Crippen molar-refractivity contribution in [3.05, 3.63) is 36.0 Å². The predicted molar refractivity (Wildman–Crippen MR) is 73.1 cm³/mol. The van der Waals surface area contributed by atoms with Crippen LogP contribution in [0.25, 0.3) is 10.9 Å². The molecule has 0 radical (unpaired) electrons. The first-order valence-corrected chi connectivity index (χ1v) is 6.28. The number of H-pyrrole nitrogens is 1. The standard InChI is InChI=1S/C14H12N2O5/c17-12(18)11-6-14(13(19)20,21-16-11)5-8-7-15-10-4-2-1-3-9(8)10/h1-4,7,15H,5-6H2,(H,17,18)(H,19,20). The number of nitrogens with zero attached hydrogens (tertiary/aromatic N) is 1. The maximum absolute atomic E-state index is 11.6. The second kappa shape index (κ2) is 4.62. The van der Waals surface area contributed by atoms with E-state index < -0.39 is 17.5 Å². The Bertz CT molecular complexity index is 764. The fraction of sp³-hybridized carbons (Fsp3) is 0.214. The molecule has 0 saturated carbocycles. The number of hydrogen-bond acceptors (Lipinski definition) is 4. The van der Waals surface area contributed by atoms with Crippen LogP contribution in [0.3, 0.4) is 0 Å². The molecule has 21 heavy (non-hydrogen) atoms. The smallest absolute Gasteiger partial charge is 0.353 e. The molecule has 2 aromatic rings. The summed E-state index contributed by atoms with van der Waals surface area (Å²) in [5.41, 5.74) is -0.323. The molecule has 3 rings (SSSR count). The van der Waals surface area contributed by atoms with Crippen molar-refractivity contribution in [2.24, 2.45) is 5.16 Å². The van der Waals surface area contributed by atoms with Crippen molar-refractivity contribution in [1.29, 1.82) is 0 Å². The third-order valence-electron chi connectivity index (χ3n) is 3.57. The van der Waals surface area contributed by atoms with Gasteiger partial charge in [-0.15, -0.1) is 0 Å². The van der Waals surface area contributed by atoms with E-state index in [1.54, 1.807) is 6.20 Å². The van der Waals surface area contributed by atoms with Crippen molar-refractivity contribution in [3.8, 4) is 0 Å². The van der Waals surface area contributed by atoms with Crippen LogP contribution in [-0.2, 0) is 20.8 Å². The van der Waals surface area contributed by atoms with Gasteiger partial charge >= 0.3 is 11.9 Å². The van der Waals surface area contributed by atoms with Crippen LogP contribution in [0.15, 0.2) is 35.6 Å². The van der Waals surface area contributed by atoms with Crippen molar-refractivity contribution in [2.75, 3.05) is 0 Å². The molecule has 1 aromatic carbocycles. The van der Waals surface area contributed by atoms with E-state index >= 15 is 0 Å². The number of nitrogens with one attached hydrogen (secondary N) is 1. The Morgan fingerprint density at radius 3 is 2.76 bits per heavy atom. The average molecular weight is 288 g/mol. The van der Waals surface area contributed by atoms with Crippen LogP contribution in [0.5, 0.6) is 0 Å². The highest BCUT2D eigenvalue weighted by Crippen LogP contribution is 2.31. The summed E-state index contributed by atoms with van der Waals surface area (Å²) in [6.07, 6.45) is 1.47. The number of carbonyl (C=O) groups is 2. The third kappa shape index (κ3) is 2.12. The number of benzene rings is 1. The maximum Gasteiger partial charge on any atom is 0.353 e. The largest absolute Gasteiger partial charge is 0.478 e. The van der Waals surface area contributed by atoms with Gasteiger partial charge in [0.05, 0.1) is 6.42 Å². The summed E-state index contributed by atoms with van der Waals surface area (Å²) in [4.78, 5) is 30.5. The maximum atomic E-state index is 11.6. The van der Waals surface area contributed by atoms with Gasteiger partial charge in [-0.2, -0.15) is 0 Å². The molecule has 1 aliphatic rings. The molecule has 1 atom stereocenters. The topological polar surface area (TPSA) is 112 Å². The van der Waals surface area contributed by atoms with Crippen LogP contribution in [0.2, 0.25) is 0 Å². The second-order valence-corrected chi connectivity index (χ2v) is 4.95. The molecule has 0 saturated heterocycles. The monoisotopic (exact) mass is 288 g/mol. The van der Waals surface area contributed by atoms with Crippen LogP contribution >= 0.6 is 0 Å². The van der Waals surface area contributed by atoms with Gasteiger partial charge in [0, 0.05) is 23.5 Å². The summed E-state index contributed by atoms with van der Waals surface area (Å²) < 4.78 is 0. The SMILES string of the molecule is O=C(O)C1=NOC(Cc2c[nH]c3ccccc23)(C(=O)O)C1. The normalized spacial score (nSPS) is 21.0. The molecule has 2 heterocycles. The molecule has 1 aliphatic heterocycles. The predicted octanol–water partition coefficient (Wildman–Crippen LogP) is 1.39. The highest BCUT2D eigenvalue weighted by atomic mass is 16.7. The van der Waals surface area contributed by atoms with Gasteiger partial charge in [0.25, 0.3) is 0 Å². The first-order chi connectivity index (χ1) is 10.0. The number of oxime groups is 1. The van der Waals surface area contributed by atoms with E-state index in [0.717, 1.165) is 16.5 Å². The van der Waals surface area contributed by atoms with Gasteiger partial charge in [-0.25, -0.2) is 9.59 Å². The van der Waals surface area contributed by atoms with Crippen molar-refractivity contribution in [1.82, 2.24) is 4.98 Å². The Kier molecular flexibility index (Phi) is 2.90. The molecule has 0 aliphatic carbocycles. The number of aliphatic carboxylic acids is 2. The van der Waals surface area contributed by atoms with Crippen molar-refractivity contribution in [3.63, 3.8) is 0 Å². The van der Waals surface area contributed by atoms with Crippen LogP contribution in [-0.4, -0.2) is 38.4 Å². The zero-order chi connectivity index (χ0) is 15.0. The summed E-state index contributed by atoms with van der Waals surface area (Å²) in [6.45, 7) is 0. The number of carboxylic acid groups (broad SMARTS) is 2. The van der Waals surface area contributed by atoms with Gasteiger partial charge in [-0.05, 0) is 11.6 Å². The number of para-hydroxylation sites is 1. The number of aromatic amines is 1. The molecule has 108 valence electrons. The first kappa shape index (κ1) is 13.2. The van der Waals surface area contributed by atoms with E-state index in [4.69, 9.17) is 9.94 Å². The highest BCUT2D eigenvalue weighted by molar-refractivity contribution is 6.36. The highest BCUT2D eigenvalue weighted by Gasteiger charge is 2.49. The quantitative estimate of drug-likeness (QED) is 0.787. The average Bonchev–Trinajstić information content (AvgIpc) is 3.05. The van der Waals surface area contributed by atoms with Crippen molar-refractivity contribution in [2.45, 2.75) is 18.4 Å². The molecule has 7 nitrogen and oxygen atoms in total. The third-order valence-corrected chi connectivity index (χ3v) is 3.57. The number of fused-ring (bicyclic) bond motifs is 1. The molecule has 0 spiro atoms. The van der Waals surface area contributed by atoms with Gasteiger partial charge < -0.3 is 20.0 Å². The second-order valence-electron chi connectivity index (χ2n) is 4.95. The molecule has 0 amide bonds.